The van der Waals surface area contributed by atoms with Crippen molar-refractivity contribution < 1.29 is 4.57 Å². The van der Waals surface area contributed by atoms with Gasteiger partial charge in [0.2, 0.25) is 0 Å². The molecule has 6 nitrogen and oxygen atoms in total. The van der Waals surface area contributed by atoms with Crippen LogP contribution in [0, 0.1) is 29.8 Å². The van der Waals surface area contributed by atoms with Crippen LogP contribution in [-0.4, -0.2) is 4.57 Å². The Morgan fingerprint density at radius 1 is 1.10 bits per heavy atom. The maximum Gasteiger partial charge on any atom is 0.253 e. The monoisotopic (exact) mass is 293 g/mol. The van der Waals surface area contributed by atoms with Crippen LogP contribution in [0.15, 0.2) is 12.4 Å². The van der Waals surface area contributed by atoms with Crippen LogP contribution in [0.25, 0.3) is 0 Å². The van der Waals surface area contributed by atoms with Crippen molar-refractivity contribution in [1.29, 1.82) is 10.5 Å². The van der Waals surface area contributed by atoms with Crippen molar-refractivity contribution >= 4 is 0 Å². The van der Waals surface area contributed by atoms with Crippen LogP contribution in [-0.2, 0) is 13.6 Å². The van der Waals surface area contributed by atoms with E-state index in [1.807, 2.05) is 0 Å². The second kappa shape index (κ2) is 15.8. The highest BCUT2D eigenvalue weighted by Gasteiger charge is 2.07. The number of unbranched alkanes of at least 4 members (excludes halogenated alkanes) is 5. The molecule has 0 aliphatic rings. The highest BCUT2D eigenvalue weighted by molar-refractivity contribution is 4.78. The van der Waals surface area contributed by atoms with Crippen molar-refractivity contribution in [2.75, 3.05) is 0 Å². The van der Waals surface area contributed by atoms with E-state index in [0.29, 0.717) is 0 Å². The third-order valence-corrected chi connectivity index (χ3v) is 3.15. The second-order valence-corrected chi connectivity index (χ2v) is 4.68. The molecule has 0 unspecified atom stereocenters. The molecule has 118 valence electrons. The van der Waals surface area contributed by atoms with Crippen LogP contribution >= 0.6 is 0 Å². The number of aryl methyl sites for hydroxylation is 2. The first-order chi connectivity index (χ1) is 10.1. The lowest BCUT2D eigenvalue weighted by molar-refractivity contribution is -0.677. The van der Waals surface area contributed by atoms with E-state index in [9.17, 15) is 0 Å². The molecule has 0 aliphatic carbocycles. The number of aromatic nitrogens is 2. The van der Waals surface area contributed by atoms with Crippen LogP contribution in [0.5, 0.6) is 0 Å². The van der Waals surface area contributed by atoms with E-state index < -0.39 is 0 Å². The lowest BCUT2D eigenvalue weighted by Crippen LogP contribution is -2.29. The first-order valence-electron chi connectivity index (χ1n) is 7.29. The first kappa shape index (κ1) is 21.1. The third-order valence-electron chi connectivity index (χ3n) is 3.15. The van der Waals surface area contributed by atoms with Gasteiger partial charge in [0, 0.05) is 6.92 Å². The fourth-order valence-electron chi connectivity index (χ4n) is 1.90. The summed E-state index contributed by atoms with van der Waals surface area (Å²) in [6, 6.07) is 0. The molecule has 0 amide bonds. The second-order valence-electron chi connectivity index (χ2n) is 4.68. The summed E-state index contributed by atoms with van der Waals surface area (Å²) in [6.45, 7) is 5.62. The van der Waals surface area contributed by atoms with Crippen molar-refractivity contribution in [3.63, 3.8) is 0 Å². The fourth-order valence-corrected chi connectivity index (χ4v) is 1.90. The number of nitriles is 2. The zero-order valence-corrected chi connectivity index (χ0v) is 13.5. The summed E-state index contributed by atoms with van der Waals surface area (Å²) >= 11 is 0. The van der Waals surface area contributed by atoms with Gasteiger partial charge in [0.15, 0.2) is 12.4 Å². The predicted octanol–water partition coefficient (Wildman–Crippen LogP) is 1.83. The van der Waals surface area contributed by atoms with Gasteiger partial charge in [-0.2, -0.15) is 10.5 Å². The van der Waals surface area contributed by atoms with Crippen LogP contribution in [0.1, 0.15) is 51.3 Å². The SMILES string of the molecule is CCCCCCCCn1cc[n+](C)c1C.N#CN.N#CN. The fraction of sp³-hybridized carbons (Fsp3) is 0.667. The standard InChI is InChI=1S/C13H25N2.2CH2N2/c1-4-5-6-7-8-9-10-15-12-11-14(3)13(15)2;2*2-1-3/h11-12H,4-10H2,1-3H3;2*2H2/q+1;;. The van der Waals surface area contributed by atoms with Crippen LogP contribution in [0.2, 0.25) is 0 Å². The van der Waals surface area contributed by atoms with Gasteiger partial charge < -0.3 is 11.5 Å². The highest BCUT2D eigenvalue weighted by Crippen LogP contribution is 2.06. The Kier molecular flexibility index (Phi) is 15.9. The summed E-state index contributed by atoms with van der Waals surface area (Å²) in [6.07, 6.45) is 15.1. The number of hydrogen-bond acceptors (Lipinski definition) is 4. The van der Waals surface area contributed by atoms with Crippen LogP contribution < -0.4 is 16.0 Å². The molecular formula is C15H29N6+. The Balaban J connectivity index is 0. The van der Waals surface area contributed by atoms with Crippen molar-refractivity contribution in [2.24, 2.45) is 18.5 Å². The Labute approximate surface area is 128 Å². The summed E-state index contributed by atoms with van der Waals surface area (Å²) in [4.78, 5) is 0. The molecule has 0 bridgehead atoms. The molecule has 0 aromatic carbocycles. The van der Waals surface area contributed by atoms with Gasteiger partial charge in [-0.3, -0.25) is 0 Å². The molecule has 0 saturated heterocycles. The van der Waals surface area contributed by atoms with Gasteiger partial charge in [-0.25, -0.2) is 9.13 Å². The average Bonchev–Trinajstić information content (AvgIpc) is 2.76. The molecule has 6 heteroatoms. The van der Waals surface area contributed by atoms with E-state index in [4.69, 9.17) is 10.5 Å². The van der Waals surface area contributed by atoms with E-state index in [2.05, 4.69) is 53.9 Å². The van der Waals surface area contributed by atoms with Gasteiger partial charge in [-0.05, 0) is 12.8 Å². The van der Waals surface area contributed by atoms with Gasteiger partial charge in [0.1, 0.15) is 12.4 Å². The Hall–Kier alpha value is -2.21. The zero-order valence-electron chi connectivity index (χ0n) is 13.5. The highest BCUT2D eigenvalue weighted by atomic mass is 15.1. The van der Waals surface area contributed by atoms with E-state index in [1.165, 1.54) is 63.3 Å². The van der Waals surface area contributed by atoms with Crippen LogP contribution in [0.4, 0.5) is 0 Å². The van der Waals surface area contributed by atoms with Gasteiger partial charge >= 0.3 is 0 Å². The predicted molar refractivity (Wildman–Crippen MR) is 83.3 cm³/mol. The Morgan fingerprint density at radius 2 is 1.57 bits per heavy atom. The number of rotatable bonds is 7. The lowest BCUT2D eigenvalue weighted by Gasteiger charge is -2.00. The molecule has 1 aromatic heterocycles. The molecule has 1 aromatic rings. The minimum absolute atomic E-state index is 1.18. The normalized spacial score (nSPS) is 8.43. The molecule has 0 spiro atoms. The van der Waals surface area contributed by atoms with E-state index in [-0.39, 0.29) is 0 Å². The third kappa shape index (κ3) is 12.6. The summed E-state index contributed by atoms with van der Waals surface area (Å²) in [5.41, 5.74) is 8.31. The van der Waals surface area contributed by atoms with Gasteiger partial charge in [-0.15, -0.1) is 0 Å². The summed E-state index contributed by atoms with van der Waals surface area (Å²) in [5.74, 6) is 1.35. The minimum Gasteiger partial charge on any atom is -0.337 e. The van der Waals surface area contributed by atoms with E-state index in [1.54, 1.807) is 0 Å². The summed E-state index contributed by atoms with van der Waals surface area (Å²) in [5, 5.41) is 14.2. The summed E-state index contributed by atoms with van der Waals surface area (Å²) < 4.78 is 4.52. The maximum atomic E-state index is 7.10. The van der Waals surface area contributed by atoms with Crippen LogP contribution in [0.3, 0.4) is 0 Å². The van der Waals surface area contributed by atoms with E-state index >= 15 is 0 Å². The largest absolute Gasteiger partial charge is 0.337 e. The maximum absolute atomic E-state index is 7.10. The molecular weight excluding hydrogens is 264 g/mol. The van der Waals surface area contributed by atoms with Gasteiger partial charge in [-0.1, -0.05) is 32.6 Å². The molecule has 1 heterocycles. The lowest BCUT2D eigenvalue weighted by atomic mass is 10.1. The summed E-state index contributed by atoms with van der Waals surface area (Å²) in [7, 11) is 2.10. The Bertz CT molecular complexity index is 412. The molecule has 0 fully saturated rings. The molecule has 21 heavy (non-hydrogen) atoms. The first-order valence-corrected chi connectivity index (χ1v) is 7.29. The van der Waals surface area contributed by atoms with Crippen molar-refractivity contribution in [3.8, 4) is 12.4 Å². The number of nitrogens with zero attached hydrogens (tertiary/aromatic N) is 4. The zero-order chi connectivity index (χ0) is 16.5. The molecule has 4 N–H and O–H groups in total. The molecule has 0 atom stereocenters. The van der Waals surface area contributed by atoms with Gasteiger partial charge in [0.05, 0.1) is 13.6 Å². The van der Waals surface area contributed by atoms with E-state index in [0.717, 1.165) is 0 Å². The number of nitrogens with two attached hydrogens (primary N) is 2. The number of imidazole rings is 1. The number of hydrogen-bond donors (Lipinski definition) is 2. The molecule has 0 aliphatic heterocycles. The Morgan fingerprint density at radius 3 is 2.00 bits per heavy atom. The average molecular weight is 293 g/mol. The van der Waals surface area contributed by atoms with Crippen molar-refractivity contribution in [2.45, 2.75) is 58.9 Å². The minimum atomic E-state index is 1.18. The molecule has 0 radical (unpaired) electrons. The smallest absolute Gasteiger partial charge is 0.253 e. The quantitative estimate of drug-likeness (QED) is 0.346. The molecule has 1 rings (SSSR count). The molecule has 0 saturated carbocycles. The topological polar surface area (TPSA) is 108 Å². The van der Waals surface area contributed by atoms with Crippen molar-refractivity contribution in [3.05, 3.63) is 18.2 Å². The van der Waals surface area contributed by atoms with Gasteiger partial charge in [0.25, 0.3) is 5.82 Å². The van der Waals surface area contributed by atoms with Crippen molar-refractivity contribution in [1.82, 2.24) is 4.57 Å².